The molecule has 0 spiro atoms. The second-order valence-electron chi connectivity index (χ2n) is 9.03. The zero-order valence-electron chi connectivity index (χ0n) is 18.8. The van der Waals surface area contributed by atoms with Gasteiger partial charge in [0.15, 0.2) is 0 Å². The van der Waals surface area contributed by atoms with E-state index in [9.17, 15) is 14.7 Å². The first-order valence-electron chi connectivity index (χ1n) is 11.7. The lowest BCUT2D eigenvalue weighted by Gasteiger charge is -2.30. The van der Waals surface area contributed by atoms with Crippen molar-refractivity contribution in [3.05, 3.63) is 87.9 Å². The molecule has 0 unspecified atom stereocenters. The molecule has 0 aromatic heterocycles. The number of carboxylic acids is 1. The van der Waals surface area contributed by atoms with Gasteiger partial charge in [0, 0.05) is 18.2 Å². The Balaban J connectivity index is 1.28. The standard InChI is InChI=1S/C28H26ClNO4/c29-26-12-9-20(15-25(26)28(32)33)19-6-4-5-18(13-19)17-34-23-10-11-24-21(14-23)16-30(27(24)31)22-7-2-1-3-8-22/h4-6,9-15,22H,1-3,7-8,16-17H2,(H,32,33). The van der Waals surface area contributed by atoms with E-state index in [1.54, 1.807) is 12.1 Å². The number of amides is 1. The molecular formula is C28H26ClNO4. The summed E-state index contributed by atoms with van der Waals surface area (Å²) in [6.07, 6.45) is 5.86. The second kappa shape index (κ2) is 9.51. The highest BCUT2D eigenvalue weighted by atomic mass is 35.5. The molecule has 0 atom stereocenters. The molecule has 3 aromatic rings. The molecule has 1 amide bonds. The second-order valence-corrected chi connectivity index (χ2v) is 9.44. The minimum Gasteiger partial charge on any atom is -0.489 e. The molecule has 0 radical (unpaired) electrons. The van der Waals surface area contributed by atoms with Crippen LogP contribution in [-0.4, -0.2) is 27.9 Å². The number of halogens is 1. The third-order valence-electron chi connectivity index (χ3n) is 6.79. The van der Waals surface area contributed by atoms with Gasteiger partial charge in [-0.1, -0.05) is 55.1 Å². The molecule has 0 bridgehead atoms. The molecule has 5 rings (SSSR count). The monoisotopic (exact) mass is 475 g/mol. The Labute approximate surface area is 203 Å². The van der Waals surface area contributed by atoms with Crippen molar-refractivity contribution in [1.29, 1.82) is 0 Å². The molecule has 5 nitrogen and oxygen atoms in total. The number of carbonyl (C=O) groups excluding carboxylic acids is 1. The van der Waals surface area contributed by atoms with E-state index in [4.69, 9.17) is 16.3 Å². The van der Waals surface area contributed by atoms with E-state index in [1.807, 2.05) is 53.4 Å². The Morgan fingerprint density at radius 2 is 1.79 bits per heavy atom. The molecule has 1 heterocycles. The summed E-state index contributed by atoms with van der Waals surface area (Å²) in [4.78, 5) is 26.3. The maximum Gasteiger partial charge on any atom is 0.337 e. The van der Waals surface area contributed by atoms with Gasteiger partial charge in [-0.15, -0.1) is 0 Å². The third kappa shape index (κ3) is 4.53. The van der Waals surface area contributed by atoms with Gasteiger partial charge in [0.2, 0.25) is 0 Å². The molecule has 1 aliphatic carbocycles. The van der Waals surface area contributed by atoms with E-state index in [0.717, 1.165) is 46.4 Å². The van der Waals surface area contributed by atoms with E-state index in [0.29, 0.717) is 19.2 Å². The van der Waals surface area contributed by atoms with Crippen LogP contribution in [0.2, 0.25) is 5.02 Å². The van der Waals surface area contributed by atoms with Crippen LogP contribution in [0.4, 0.5) is 0 Å². The Bertz CT molecular complexity index is 1250. The Hall–Kier alpha value is -3.31. The first-order chi connectivity index (χ1) is 16.5. The number of carbonyl (C=O) groups is 2. The molecule has 1 aliphatic heterocycles. The molecule has 1 N–H and O–H groups in total. The fourth-order valence-electron chi connectivity index (χ4n) is 4.97. The number of nitrogens with zero attached hydrogens (tertiary/aromatic N) is 1. The van der Waals surface area contributed by atoms with Crippen LogP contribution < -0.4 is 4.74 Å². The zero-order valence-corrected chi connectivity index (χ0v) is 19.6. The summed E-state index contributed by atoms with van der Waals surface area (Å²) < 4.78 is 6.06. The van der Waals surface area contributed by atoms with Crippen molar-refractivity contribution in [3.8, 4) is 16.9 Å². The molecule has 3 aromatic carbocycles. The van der Waals surface area contributed by atoms with Gasteiger partial charge < -0.3 is 14.7 Å². The molecule has 1 saturated carbocycles. The summed E-state index contributed by atoms with van der Waals surface area (Å²) in [7, 11) is 0. The molecule has 2 aliphatic rings. The number of hydrogen-bond donors (Lipinski definition) is 1. The van der Waals surface area contributed by atoms with Crippen LogP contribution in [0.1, 0.15) is 63.9 Å². The van der Waals surface area contributed by atoms with Gasteiger partial charge in [-0.2, -0.15) is 0 Å². The average molecular weight is 476 g/mol. The summed E-state index contributed by atoms with van der Waals surface area (Å²) in [6.45, 7) is 1.03. The molecular weight excluding hydrogens is 450 g/mol. The van der Waals surface area contributed by atoms with Gasteiger partial charge in [-0.3, -0.25) is 4.79 Å². The molecule has 34 heavy (non-hydrogen) atoms. The Kier molecular flexibility index (Phi) is 6.29. The fourth-order valence-corrected chi connectivity index (χ4v) is 5.17. The van der Waals surface area contributed by atoms with E-state index >= 15 is 0 Å². The van der Waals surface area contributed by atoms with Gasteiger partial charge in [-0.05, 0) is 71.5 Å². The zero-order chi connectivity index (χ0) is 23.7. The first kappa shape index (κ1) is 22.5. The Morgan fingerprint density at radius 3 is 2.59 bits per heavy atom. The quantitative estimate of drug-likeness (QED) is 0.437. The normalized spacial score (nSPS) is 15.9. The maximum atomic E-state index is 12.9. The summed E-state index contributed by atoms with van der Waals surface area (Å²) in [5.41, 5.74) is 4.53. The highest BCUT2D eigenvalue weighted by Gasteiger charge is 2.33. The van der Waals surface area contributed by atoms with Crippen LogP contribution in [0.3, 0.4) is 0 Å². The van der Waals surface area contributed by atoms with Crippen LogP contribution in [-0.2, 0) is 13.2 Å². The van der Waals surface area contributed by atoms with Crippen LogP contribution >= 0.6 is 11.6 Å². The van der Waals surface area contributed by atoms with Crippen molar-refractivity contribution < 1.29 is 19.4 Å². The number of aromatic carboxylic acids is 1. The van der Waals surface area contributed by atoms with E-state index in [-0.39, 0.29) is 16.5 Å². The van der Waals surface area contributed by atoms with E-state index < -0.39 is 5.97 Å². The summed E-state index contributed by atoms with van der Waals surface area (Å²) in [5.74, 6) is -0.171. The summed E-state index contributed by atoms with van der Waals surface area (Å²) in [6, 6.07) is 18.9. The smallest absolute Gasteiger partial charge is 0.337 e. The van der Waals surface area contributed by atoms with Crippen molar-refractivity contribution in [2.24, 2.45) is 0 Å². The van der Waals surface area contributed by atoms with Crippen molar-refractivity contribution in [2.45, 2.75) is 51.3 Å². The van der Waals surface area contributed by atoms with Crippen LogP contribution in [0.15, 0.2) is 60.7 Å². The predicted molar refractivity (Wildman–Crippen MR) is 131 cm³/mol. The SMILES string of the molecule is O=C(O)c1cc(-c2cccc(COc3ccc4c(c3)CN(C3CCCCC3)C4=O)c2)ccc1Cl. The summed E-state index contributed by atoms with van der Waals surface area (Å²) in [5, 5.41) is 9.56. The maximum absolute atomic E-state index is 12.9. The Morgan fingerprint density at radius 1 is 1.00 bits per heavy atom. The highest BCUT2D eigenvalue weighted by Crippen LogP contribution is 2.33. The largest absolute Gasteiger partial charge is 0.489 e. The number of benzene rings is 3. The van der Waals surface area contributed by atoms with E-state index in [2.05, 4.69) is 0 Å². The molecule has 1 fully saturated rings. The predicted octanol–water partition coefficient (Wildman–Crippen LogP) is 6.57. The number of hydrogen-bond acceptors (Lipinski definition) is 3. The van der Waals surface area contributed by atoms with Crippen molar-refractivity contribution in [3.63, 3.8) is 0 Å². The van der Waals surface area contributed by atoms with Crippen LogP contribution in [0, 0.1) is 0 Å². The van der Waals surface area contributed by atoms with Crippen molar-refractivity contribution in [1.82, 2.24) is 4.90 Å². The number of rotatable bonds is 6. The van der Waals surface area contributed by atoms with Gasteiger partial charge in [0.05, 0.1) is 10.6 Å². The average Bonchev–Trinajstić information content (AvgIpc) is 3.19. The minimum atomic E-state index is -1.05. The number of carboxylic acid groups (broad SMARTS) is 1. The van der Waals surface area contributed by atoms with E-state index in [1.165, 1.54) is 19.3 Å². The number of ether oxygens (including phenoxy) is 1. The fraction of sp³-hybridized carbons (Fsp3) is 0.286. The van der Waals surface area contributed by atoms with Gasteiger partial charge in [0.1, 0.15) is 12.4 Å². The summed E-state index contributed by atoms with van der Waals surface area (Å²) >= 11 is 6.00. The molecule has 6 heteroatoms. The van der Waals surface area contributed by atoms with Gasteiger partial charge in [-0.25, -0.2) is 4.79 Å². The molecule has 0 saturated heterocycles. The number of fused-ring (bicyclic) bond motifs is 1. The third-order valence-corrected chi connectivity index (χ3v) is 7.12. The van der Waals surface area contributed by atoms with Gasteiger partial charge in [0.25, 0.3) is 5.91 Å². The lowest BCUT2D eigenvalue weighted by atomic mass is 9.94. The van der Waals surface area contributed by atoms with Crippen molar-refractivity contribution >= 4 is 23.5 Å². The van der Waals surface area contributed by atoms with Gasteiger partial charge >= 0.3 is 5.97 Å². The first-order valence-corrected chi connectivity index (χ1v) is 12.1. The topological polar surface area (TPSA) is 66.8 Å². The lowest BCUT2D eigenvalue weighted by molar-refractivity contribution is 0.0658. The minimum absolute atomic E-state index is 0.0794. The van der Waals surface area contributed by atoms with Crippen LogP contribution in [0.5, 0.6) is 5.75 Å². The lowest BCUT2D eigenvalue weighted by Crippen LogP contribution is -2.36. The molecule has 174 valence electrons. The highest BCUT2D eigenvalue weighted by molar-refractivity contribution is 6.33. The van der Waals surface area contributed by atoms with Crippen LogP contribution in [0.25, 0.3) is 11.1 Å². The van der Waals surface area contributed by atoms with Crippen molar-refractivity contribution in [2.75, 3.05) is 0 Å².